The quantitative estimate of drug-likeness (QED) is 0.762. The van der Waals surface area contributed by atoms with Crippen LogP contribution in [0.2, 0.25) is 0 Å². The monoisotopic (exact) mass is 311 g/mol. The van der Waals surface area contributed by atoms with Gasteiger partial charge in [-0.3, -0.25) is 14.5 Å². The van der Waals surface area contributed by atoms with Gasteiger partial charge in [0.05, 0.1) is 6.54 Å². The van der Waals surface area contributed by atoms with Gasteiger partial charge in [0, 0.05) is 46.4 Å². The van der Waals surface area contributed by atoms with Crippen LogP contribution < -0.4 is 0 Å². The van der Waals surface area contributed by atoms with E-state index < -0.39 is 0 Å². The third-order valence-electron chi connectivity index (χ3n) is 4.70. The van der Waals surface area contributed by atoms with E-state index in [1.807, 2.05) is 9.80 Å². The maximum atomic E-state index is 12.4. The fraction of sp³-hybridized carbons (Fsp3) is 0.875. The number of carbonyl (C=O) groups is 2. The maximum Gasteiger partial charge on any atom is 0.251 e. The number of piperazine rings is 1. The van der Waals surface area contributed by atoms with Crippen molar-refractivity contribution >= 4 is 11.8 Å². The van der Waals surface area contributed by atoms with Crippen molar-refractivity contribution in [2.45, 2.75) is 38.7 Å². The lowest BCUT2D eigenvalue weighted by molar-refractivity contribution is -0.143. The zero-order chi connectivity index (χ0) is 15.9. The van der Waals surface area contributed by atoms with Gasteiger partial charge in [-0.15, -0.1) is 0 Å². The molecule has 0 saturated carbocycles. The van der Waals surface area contributed by atoms with Crippen molar-refractivity contribution in [2.24, 2.45) is 0 Å². The Morgan fingerprint density at radius 1 is 0.909 bits per heavy atom. The highest BCUT2D eigenvalue weighted by Crippen LogP contribution is 2.11. The molecule has 2 saturated heterocycles. The second-order valence-electron chi connectivity index (χ2n) is 6.27. The fourth-order valence-electron chi connectivity index (χ4n) is 3.10. The van der Waals surface area contributed by atoms with Crippen molar-refractivity contribution in [3.8, 4) is 0 Å². The Hall–Kier alpha value is -1.14. The molecule has 0 aromatic rings. The number of methoxy groups -OCH3 is 1. The summed E-state index contributed by atoms with van der Waals surface area (Å²) in [6.07, 6.45) is 4.35. The normalized spacial score (nSPS) is 22.3. The van der Waals surface area contributed by atoms with Crippen LogP contribution in [0.3, 0.4) is 0 Å². The van der Waals surface area contributed by atoms with Crippen LogP contribution in [0.1, 0.15) is 32.6 Å². The summed E-state index contributed by atoms with van der Waals surface area (Å²) in [6, 6.07) is 0. The van der Waals surface area contributed by atoms with Crippen molar-refractivity contribution in [3.63, 3.8) is 0 Å². The highest BCUT2D eigenvalue weighted by Gasteiger charge is 2.26. The van der Waals surface area contributed by atoms with Gasteiger partial charge >= 0.3 is 0 Å². The highest BCUT2D eigenvalue weighted by molar-refractivity contribution is 5.81. The second kappa shape index (κ2) is 8.48. The van der Waals surface area contributed by atoms with E-state index in [1.54, 1.807) is 14.0 Å². The van der Waals surface area contributed by atoms with Gasteiger partial charge in [0.15, 0.2) is 0 Å². The van der Waals surface area contributed by atoms with Gasteiger partial charge in [0.1, 0.15) is 6.10 Å². The Bertz CT molecular complexity index is 373. The van der Waals surface area contributed by atoms with Gasteiger partial charge in [-0.2, -0.15) is 0 Å². The molecule has 0 radical (unpaired) electrons. The van der Waals surface area contributed by atoms with Gasteiger partial charge in [-0.1, -0.05) is 12.8 Å². The van der Waals surface area contributed by atoms with Crippen LogP contribution in [-0.4, -0.2) is 85.5 Å². The van der Waals surface area contributed by atoms with E-state index in [1.165, 1.54) is 12.8 Å². The Balaban J connectivity index is 1.74. The van der Waals surface area contributed by atoms with Crippen molar-refractivity contribution in [1.29, 1.82) is 0 Å². The summed E-state index contributed by atoms with van der Waals surface area (Å²) in [6.45, 7) is 6.97. The minimum atomic E-state index is -0.384. The molecule has 2 amide bonds. The Morgan fingerprint density at radius 3 is 2.05 bits per heavy atom. The van der Waals surface area contributed by atoms with E-state index in [2.05, 4.69) is 4.90 Å². The molecule has 22 heavy (non-hydrogen) atoms. The molecule has 6 nitrogen and oxygen atoms in total. The highest BCUT2D eigenvalue weighted by atomic mass is 16.5. The number of amides is 2. The van der Waals surface area contributed by atoms with Gasteiger partial charge in [0.25, 0.3) is 5.91 Å². The molecule has 2 aliphatic heterocycles. The summed E-state index contributed by atoms with van der Waals surface area (Å²) in [4.78, 5) is 30.4. The van der Waals surface area contributed by atoms with E-state index in [9.17, 15) is 9.59 Å². The molecule has 1 unspecified atom stereocenters. The largest absolute Gasteiger partial charge is 0.372 e. The zero-order valence-electron chi connectivity index (χ0n) is 13.9. The summed E-state index contributed by atoms with van der Waals surface area (Å²) in [5, 5.41) is 0. The molecule has 0 spiro atoms. The zero-order valence-corrected chi connectivity index (χ0v) is 13.9. The second-order valence-corrected chi connectivity index (χ2v) is 6.27. The lowest BCUT2D eigenvalue weighted by atomic mass is 10.2. The first-order chi connectivity index (χ1) is 10.6. The first-order valence-electron chi connectivity index (χ1n) is 8.43. The lowest BCUT2D eigenvalue weighted by Gasteiger charge is -2.36. The molecule has 0 bridgehead atoms. The fourth-order valence-corrected chi connectivity index (χ4v) is 3.10. The van der Waals surface area contributed by atoms with E-state index in [4.69, 9.17) is 4.74 Å². The van der Waals surface area contributed by atoms with Crippen LogP contribution in [0.5, 0.6) is 0 Å². The molecular weight excluding hydrogens is 282 g/mol. The molecule has 1 atom stereocenters. The summed E-state index contributed by atoms with van der Waals surface area (Å²) in [5.41, 5.74) is 0. The summed E-state index contributed by atoms with van der Waals surface area (Å²) in [7, 11) is 1.55. The first kappa shape index (κ1) is 17.2. The van der Waals surface area contributed by atoms with Crippen molar-refractivity contribution in [1.82, 2.24) is 14.7 Å². The number of hydrogen-bond acceptors (Lipinski definition) is 4. The maximum absolute atomic E-state index is 12.4. The van der Waals surface area contributed by atoms with Crippen molar-refractivity contribution < 1.29 is 14.3 Å². The molecule has 2 rings (SSSR count). The number of likely N-dealkylation sites (tertiary alicyclic amines) is 1. The average Bonchev–Trinajstić information content (AvgIpc) is 2.83. The third-order valence-corrected chi connectivity index (χ3v) is 4.70. The molecule has 0 aromatic heterocycles. The molecule has 2 aliphatic rings. The minimum absolute atomic E-state index is 0.0426. The molecule has 2 heterocycles. The number of nitrogens with zero attached hydrogens (tertiary/aromatic N) is 3. The van der Waals surface area contributed by atoms with Crippen LogP contribution in [-0.2, 0) is 14.3 Å². The first-order valence-corrected chi connectivity index (χ1v) is 8.43. The number of carbonyl (C=O) groups excluding carboxylic acids is 2. The predicted octanol–water partition coefficient (Wildman–Crippen LogP) is 0.568. The Morgan fingerprint density at radius 2 is 1.50 bits per heavy atom. The van der Waals surface area contributed by atoms with E-state index in [-0.39, 0.29) is 17.9 Å². The Kier molecular flexibility index (Phi) is 6.64. The number of rotatable bonds is 4. The summed E-state index contributed by atoms with van der Waals surface area (Å²) in [5.74, 6) is 0.285. The third kappa shape index (κ3) is 4.68. The molecular formula is C16H29N3O3. The van der Waals surface area contributed by atoms with Crippen LogP contribution in [0.15, 0.2) is 0 Å². The average molecular weight is 311 g/mol. The molecule has 0 N–H and O–H groups in total. The molecule has 126 valence electrons. The van der Waals surface area contributed by atoms with Gasteiger partial charge < -0.3 is 14.5 Å². The van der Waals surface area contributed by atoms with Crippen LogP contribution in [0.25, 0.3) is 0 Å². The van der Waals surface area contributed by atoms with E-state index >= 15 is 0 Å². The van der Waals surface area contributed by atoms with Crippen LogP contribution in [0, 0.1) is 0 Å². The van der Waals surface area contributed by atoms with E-state index in [0.717, 1.165) is 39.0 Å². The van der Waals surface area contributed by atoms with Crippen LogP contribution >= 0.6 is 0 Å². The number of ether oxygens (including phenoxy) is 1. The predicted molar refractivity (Wildman–Crippen MR) is 84.5 cm³/mol. The SMILES string of the molecule is COC(C)C(=O)N1CCN(CC(=O)N2CCCCCC2)CC1. The molecule has 6 heteroatoms. The van der Waals surface area contributed by atoms with Crippen LogP contribution in [0.4, 0.5) is 0 Å². The standard InChI is InChI=1S/C16H29N3O3/c1-14(22-2)16(21)19-11-9-17(10-12-19)13-15(20)18-7-5-3-4-6-8-18/h14H,3-13H2,1-2H3. The topological polar surface area (TPSA) is 53.1 Å². The smallest absolute Gasteiger partial charge is 0.251 e. The van der Waals surface area contributed by atoms with Gasteiger partial charge in [-0.05, 0) is 19.8 Å². The minimum Gasteiger partial charge on any atom is -0.372 e. The summed E-state index contributed by atoms with van der Waals surface area (Å²) >= 11 is 0. The van der Waals surface area contributed by atoms with Crippen molar-refractivity contribution in [2.75, 3.05) is 52.9 Å². The lowest BCUT2D eigenvalue weighted by Crippen LogP contribution is -2.53. The summed E-state index contributed by atoms with van der Waals surface area (Å²) < 4.78 is 5.08. The Labute approximate surface area is 133 Å². The number of hydrogen-bond donors (Lipinski definition) is 0. The molecule has 0 aliphatic carbocycles. The molecule has 2 fully saturated rings. The van der Waals surface area contributed by atoms with Crippen molar-refractivity contribution in [3.05, 3.63) is 0 Å². The molecule has 0 aromatic carbocycles. The van der Waals surface area contributed by atoms with Gasteiger partial charge in [-0.25, -0.2) is 0 Å². The van der Waals surface area contributed by atoms with E-state index in [0.29, 0.717) is 19.6 Å². The van der Waals surface area contributed by atoms with Gasteiger partial charge in [0.2, 0.25) is 5.91 Å².